The molecule has 8 nitrogen and oxygen atoms in total. The molecule has 1 atom stereocenters. The number of aromatic hydroxyl groups is 1. The van der Waals surface area contributed by atoms with Crippen molar-refractivity contribution in [2.24, 2.45) is 5.92 Å². The maximum atomic E-state index is 10.7. The van der Waals surface area contributed by atoms with E-state index in [0.717, 1.165) is 36.5 Å². The lowest BCUT2D eigenvalue weighted by Gasteiger charge is -2.35. The second-order valence-electron chi connectivity index (χ2n) is 8.17. The molecule has 0 radical (unpaired) electrons. The van der Waals surface area contributed by atoms with Crippen molar-refractivity contribution in [3.63, 3.8) is 0 Å². The summed E-state index contributed by atoms with van der Waals surface area (Å²) >= 11 is 0. The Hall–Kier alpha value is -3.26. The molecule has 0 saturated carbocycles. The molecule has 1 aliphatic rings. The third-order valence-corrected chi connectivity index (χ3v) is 5.59. The van der Waals surface area contributed by atoms with Crippen molar-refractivity contribution in [1.82, 2.24) is 25.5 Å². The number of benzene rings is 1. The number of rotatable bonds is 5. The van der Waals surface area contributed by atoms with Gasteiger partial charge in [0.25, 0.3) is 0 Å². The first-order chi connectivity index (χ1) is 14.9. The number of hydrogen-bond donors (Lipinski definition) is 2. The summed E-state index contributed by atoms with van der Waals surface area (Å²) in [5, 5.41) is 22.8. The molecule has 1 saturated heterocycles. The summed E-state index contributed by atoms with van der Waals surface area (Å²) in [4.78, 5) is 11.0. The predicted octanol–water partition coefficient (Wildman–Crippen LogP) is 3.06. The van der Waals surface area contributed by atoms with E-state index in [1.165, 1.54) is 0 Å². The fraction of sp³-hybridized carbons (Fsp3) is 0.391. The van der Waals surface area contributed by atoms with Crippen LogP contribution in [0.4, 0.5) is 5.95 Å². The maximum absolute atomic E-state index is 10.7. The Balaban J connectivity index is 1.56. The molecule has 0 bridgehead atoms. The Morgan fingerprint density at radius 2 is 2.00 bits per heavy atom. The Morgan fingerprint density at radius 1 is 1.16 bits per heavy atom. The first-order valence-electron chi connectivity index (χ1n) is 10.5. The SMILES string of the molecule is COc1cc(-c2ccc(-c3cnc(N4CCN[C@@H](C(C)C)C4)nn3)c(O)c2)cc(C)n1. The van der Waals surface area contributed by atoms with Crippen LogP contribution in [0.25, 0.3) is 22.4 Å². The van der Waals surface area contributed by atoms with E-state index in [9.17, 15) is 5.11 Å². The van der Waals surface area contributed by atoms with Crippen LogP contribution in [-0.4, -0.2) is 58.1 Å². The number of nitrogens with zero attached hydrogens (tertiary/aromatic N) is 5. The minimum atomic E-state index is 0.122. The number of ether oxygens (including phenoxy) is 1. The summed E-state index contributed by atoms with van der Waals surface area (Å²) in [5.41, 5.74) is 3.75. The van der Waals surface area contributed by atoms with Crippen molar-refractivity contribution in [3.05, 3.63) is 42.2 Å². The normalized spacial score (nSPS) is 16.5. The number of pyridine rings is 1. The molecule has 1 aromatic carbocycles. The Kier molecular flexibility index (Phi) is 5.99. The quantitative estimate of drug-likeness (QED) is 0.650. The topological polar surface area (TPSA) is 96.3 Å². The van der Waals surface area contributed by atoms with Gasteiger partial charge in [-0.15, -0.1) is 10.2 Å². The van der Waals surface area contributed by atoms with Crippen molar-refractivity contribution >= 4 is 5.95 Å². The summed E-state index contributed by atoms with van der Waals surface area (Å²) < 4.78 is 5.25. The fourth-order valence-corrected chi connectivity index (χ4v) is 3.78. The van der Waals surface area contributed by atoms with Crippen LogP contribution in [0.5, 0.6) is 11.6 Å². The zero-order valence-corrected chi connectivity index (χ0v) is 18.3. The monoisotopic (exact) mass is 420 g/mol. The fourth-order valence-electron chi connectivity index (χ4n) is 3.78. The van der Waals surface area contributed by atoms with Crippen LogP contribution < -0.4 is 15.0 Å². The Bertz CT molecular complexity index is 1050. The van der Waals surface area contributed by atoms with Crippen LogP contribution in [0, 0.1) is 12.8 Å². The number of phenolic OH excluding ortho intramolecular Hbond substituents is 1. The van der Waals surface area contributed by atoms with Crippen LogP contribution >= 0.6 is 0 Å². The molecule has 2 aromatic heterocycles. The molecule has 162 valence electrons. The molecule has 4 rings (SSSR count). The summed E-state index contributed by atoms with van der Waals surface area (Å²) in [5.74, 6) is 1.81. The standard InChI is InChI=1S/C23H28N6O2/c1-14(2)20-13-29(8-7-24-20)23-25-12-19(27-28-23)18-6-5-16(10-21(18)30)17-9-15(3)26-22(11-17)31-4/h5-6,9-12,14,20,24,30H,7-8,13H2,1-4H3/t20-/m1/s1. The van der Waals surface area contributed by atoms with Gasteiger partial charge < -0.3 is 20.1 Å². The van der Waals surface area contributed by atoms with Gasteiger partial charge in [0.15, 0.2) is 0 Å². The molecule has 0 unspecified atom stereocenters. The summed E-state index contributed by atoms with van der Waals surface area (Å²) in [7, 11) is 1.59. The molecule has 31 heavy (non-hydrogen) atoms. The Morgan fingerprint density at radius 3 is 2.68 bits per heavy atom. The van der Waals surface area contributed by atoms with E-state index >= 15 is 0 Å². The second-order valence-corrected chi connectivity index (χ2v) is 8.17. The van der Waals surface area contributed by atoms with E-state index in [2.05, 4.69) is 44.2 Å². The van der Waals surface area contributed by atoms with Gasteiger partial charge in [-0.3, -0.25) is 0 Å². The minimum absolute atomic E-state index is 0.122. The zero-order valence-electron chi connectivity index (χ0n) is 18.3. The van der Waals surface area contributed by atoms with Gasteiger partial charge in [0.2, 0.25) is 11.8 Å². The van der Waals surface area contributed by atoms with Crippen LogP contribution in [0.15, 0.2) is 36.5 Å². The van der Waals surface area contributed by atoms with Crippen molar-refractivity contribution in [3.8, 4) is 34.0 Å². The van der Waals surface area contributed by atoms with Crippen LogP contribution in [0.2, 0.25) is 0 Å². The number of methoxy groups -OCH3 is 1. The lowest BCUT2D eigenvalue weighted by Crippen LogP contribution is -2.53. The highest BCUT2D eigenvalue weighted by Gasteiger charge is 2.23. The van der Waals surface area contributed by atoms with E-state index in [-0.39, 0.29) is 5.75 Å². The molecule has 3 aromatic rings. The van der Waals surface area contributed by atoms with Gasteiger partial charge in [0.1, 0.15) is 11.4 Å². The van der Waals surface area contributed by atoms with Crippen LogP contribution in [0.1, 0.15) is 19.5 Å². The summed E-state index contributed by atoms with van der Waals surface area (Å²) in [6.45, 7) is 8.92. The maximum Gasteiger partial charge on any atom is 0.245 e. The molecular formula is C23H28N6O2. The van der Waals surface area contributed by atoms with Gasteiger partial charge in [-0.25, -0.2) is 9.97 Å². The number of aromatic nitrogens is 4. The third kappa shape index (κ3) is 4.59. The van der Waals surface area contributed by atoms with E-state index in [1.54, 1.807) is 19.4 Å². The minimum Gasteiger partial charge on any atom is -0.507 e. The van der Waals surface area contributed by atoms with Gasteiger partial charge in [0.05, 0.1) is 13.3 Å². The van der Waals surface area contributed by atoms with Crippen LogP contribution in [-0.2, 0) is 0 Å². The number of hydrogen-bond acceptors (Lipinski definition) is 8. The largest absolute Gasteiger partial charge is 0.507 e. The molecular weight excluding hydrogens is 392 g/mol. The molecule has 1 aliphatic heterocycles. The van der Waals surface area contributed by atoms with E-state index in [0.29, 0.717) is 35.0 Å². The molecule has 0 spiro atoms. The lowest BCUT2D eigenvalue weighted by atomic mass is 10.0. The van der Waals surface area contributed by atoms with Gasteiger partial charge in [-0.2, -0.15) is 0 Å². The van der Waals surface area contributed by atoms with Gasteiger partial charge >= 0.3 is 0 Å². The third-order valence-electron chi connectivity index (χ3n) is 5.59. The smallest absolute Gasteiger partial charge is 0.245 e. The molecule has 3 heterocycles. The number of piperazine rings is 1. The van der Waals surface area contributed by atoms with Crippen molar-refractivity contribution < 1.29 is 9.84 Å². The molecule has 8 heteroatoms. The summed E-state index contributed by atoms with van der Waals surface area (Å²) in [6.07, 6.45) is 1.67. The van der Waals surface area contributed by atoms with Gasteiger partial charge in [0, 0.05) is 43.0 Å². The zero-order chi connectivity index (χ0) is 22.0. The van der Waals surface area contributed by atoms with Crippen molar-refractivity contribution in [2.75, 3.05) is 31.6 Å². The van der Waals surface area contributed by atoms with E-state index in [1.807, 2.05) is 31.2 Å². The first-order valence-corrected chi connectivity index (χ1v) is 10.5. The van der Waals surface area contributed by atoms with E-state index in [4.69, 9.17) is 4.74 Å². The highest BCUT2D eigenvalue weighted by molar-refractivity contribution is 5.74. The molecule has 0 aliphatic carbocycles. The summed E-state index contributed by atoms with van der Waals surface area (Å²) in [6, 6.07) is 9.67. The van der Waals surface area contributed by atoms with Gasteiger partial charge in [-0.05, 0) is 42.2 Å². The Labute approximate surface area is 182 Å². The lowest BCUT2D eigenvalue weighted by molar-refractivity contribution is 0.365. The number of nitrogens with one attached hydrogen (secondary N) is 1. The van der Waals surface area contributed by atoms with Crippen molar-refractivity contribution in [1.29, 1.82) is 0 Å². The van der Waals surface area contributed by atoms with Crippen LogP contribution in [0.3, 0.4) is 0 Å². The average Bonchev–Trinajstić information content (AvgIpc) is 2.78. The predicted molar refractivity (Wildman–Crippen MR) is 120 cm³/mol. The molecule has 0 amide bonds. The number of phenols is 1. The average molecular weight is 421 g/mol. The number of aryl methyl sites for hydroxylation is 1. The first kappa shape index (κ1) is 21.0. The highest BCUT2D eigenvalue weighted by Crippen LogP contribution is 2.33. The highest BCUT2D eigenvalue weighted by atomic mass is 16.5. The molecule has 2 N–H and O–H groups in total. The molecule has 1 fully saturated rings. The van der Waals surface area contributed by atoms with E-state index < -0.39 is 0 Å². The second kappa shape index (κ2) is 8.85. The van der Waals surface area contributed by atoms with Crippen molar-refractivity contribution in [2.45, 2.75) is 26.8 Å². The van der Waals surface area contributed by atoms with Gasteiger partial charge in [-0.1, -0.05) is 19.9 Å². The number of anilines is 1.